The molecule has 0 radical (unpaired) electrons. The van der Waals surface area contributed by atoms with Gasteiger partial charge in [-0.25, -0.2) is 4.79 Å². The SMILES string of the molecule is CCC1(OC(=O)C(C)(F)F)C2CC3CC1CC(OCOC)(C3)C2. The molecule has 2 atom stereocenters. The molecule has 132 valence electrons. The number of hydrogen-bond acceptors (Lipinski definition) is 4. The van der Waals surface area contributed by atoms with E-state index in [4.69, 9.17) is 14.2 Å². The number of ether oxygens (including phenoxy) is 3. The van der Waals surface area contributed by atoms with Crippen molar-refractivity contribution in [2.24, 2.45) is 17.8 Å². The van der Waals surface area contributed by atoms with Crippen LogP contribution in [0.25, 0.3) is 0 Å². The van der Waals surface area contributed by atoms with Gasteiger partial charge in [0.05, 0.1) is 5.60 Å². The molecule has 4 rings (SSSR count). The average molecular weight is 332 g/mol. The topological polar surface area (TPSA) is 44.8 Å². The molecule has 0 aromatic heterocycles. The first-order valence-corrected chi connectivity index (χ1v) is 8.49. The highest BCUT2D eigenvalue weighted by atomic mass is 19.3. The zero-order valence-corrected chi connectivity index (χ0v) is 14.1. The second kappa shape index (κ2) is 5.66. The van der Waals surface area contributed by atoms with Crippen LogP contribution in [0.5, 0.6) is 0 Å². The van der Waals surface area contributed by atoms with E-state index in [2.05, 4.69) is 0 Å². The van der Waals surface area contributed by atoms with Crippen LogP contribution in [0.2, 0.25) is 0 Å². The second-order valence-electron chi connectivity index (χ2n) is 7.66. The van der Waals surface area contributed by atoms with Crippen LogP contribution in [0.15, 0.2) is 0 Å². The number of hydrogen-bond donors (Lipinski definition) is 0. The van der Waals surface area contributed by atoms with Gasteiger partial charge in [-0.3, -0.25) is 0 Å². The first-order valence-electron chi connectivity index (χ1n) is 8.49. The van der Waals surface area contributed by atoms with Gasteiger partial charge in [0, 0.05) is 25.9 Å². The van der Waals surface area contributed by atoms with Crippen LogP contribution in [0.1, 0.15) is 52.4 Å². The molecule has 0 heterocycles. The van der Waals surface area contributed by atoms with E-state index in [1.807, 2.05) is 6.92 Å². The minimum absolute atomic E-state index is 0.0990. The lowest BCUT2D eigenvalue weighted by molar-refractivity contribution is -0.273. The van der Waals surface area contributed by atoms with Gasteiger partial charge in [0.25, 0.3) is 0 Å². The molecule has 23 heavy (non-hydrogen) atoms. The summed E-state index contributed by atoms with van der Waals surface area (Å²) in [7, 11) is 1.60. The van der Waals surface area contributed by atoms with E-state index in [-0.39, 0.29) is 24.2 Å². The number of carbonyl (C=O) groups excluding carboxylic acids is 1. The fourth-order valence-electron chi connectivity index (χ4n) is 5.43. The van der Waals surface area contributed by atoms with E-state index in [1.54, 1.807) is 7.11 Å². The number of alkyl halides is 2. The van der Waals surface area contributed by atoms with Crippen molar-refractivity contribution in [3.8, 4) is 0 Å². The lowest BCUT2D eigenvalue weighted by atomic mass is 9.47. The number of esters is 1. The third-order valence-electron chi connectivity index (χ3n) is 6.19. The average Bonchev–Trinajstić information content (AvgIpc) is 2.47. The molecule has 0 aliphatic heterocycles. The fourth-order valence-corrected chi connectivity index (χ4v) is 5.43. The molecule has 0 aromatic carbocycles. The Bertz CT molecular complexity index is 458. The Morgan fingerprint density at radius 1 is 1.22 bits per heavy atom. The molecule has 4 aliphatic carbocycles. The second-order valence-corrected chi connectivity index (χ2v) is 7.66. The fraction of sp³-hybridized carbons (Fsp3) is 0.941. The normalized spacial score (nSPS) is 42.0. The molecule has 2 unspecified atom stereocenters. The molecule has 0 saturated heterocycles. The van der Waals surface area contributed by atoms with Crippen molar-refractivity contribution in [3.05, 3.63) is 0 Å². The summed E-state index contributed by atoms with van der Waals surface area (Å²) in [6.45, 7) is 2.79. The highest BCUT2D eigenvalue weighted by Gasteiger charge is 2.64. The number of methoxy groups -OCH3 is 1. The smallest absolute Gasteiger partial charge is 0.377 e. The number of carbonyl (C=O) groups is 1. The molecule has 0 aromatic rings. The van der Waals surface area contributed by atoms with Crippen molar-refractivity contribution in [2.45, 2.75) is 69.5 Å². The Morgan fingerprint density at radius 2 is 1.83 bits per heavy atom. The van der Waals surface area contributed by atoms with Gasteiger partial charge in [-0.05, 0) is 44.4 Å². The summed E-state index contributed by atoms with van der Waals surface area (Å²) in [5.41, 5.74) is -0.986. The van der Waals surface area contributed by atoms with E-state index < -0.39 is 17.5 Å². The van der Waals surface area contributed by atoms with Crippen molar-refractivity contribution < 1.29 is 27.8 Å². The first kappa shape index (κ1) is 17.1. The molecule has 0 spiro atoms. The zero-order chi connectivity index (χ0) is 16.9. The molecule has 4 fully saturated rings. The van der Waals surface area contributed by atoms with Crippen LogP contribution in [0.4, 0.5) is 8.78 Å². The Balaban J connectivity index is 1.83. The molecule has 6 heteroatoms. The molecule has 0 amide bonds. The number of halogens is 2. The summed E-state index contributed by atoms with van der Waals surface area (Å²) in [6.07, 6.45) is 4.98. The van der Waals surface area contributed by atoms with Crippen LogP contribution in [0, 0.1) is 17.8 Å². The van der Waals surface area contributed by atoms with Crippen molar-refractivity contribution >= 4 is 5.97 Å². The van der Waals surface area contributed by atoms with Gasteiger partial charge in [0.15, 0.2) is 0 Å². The molecule has 4 nitrogen and oxygen atoms in total. The van der Waals surface area contributed by atoms with Gasteiger partial charge in [-0.2, -0.15) is 8.78 Å². The maximum atomic E-state index is 13.4. The minimum Gasteiger partial charge on any atom is -0.454 e. The van der Waals surface area contributed by atoms with Gasteiger partial charge in [-0.1, -0.05) is 6.92 Å². The summed E-state index contributed by atoms with van der Waals surface area (Å²) >= 11 is 0. The quantitative estimate of drug-likeness (QED) is 0.551. The van der Waals surface area contributed by atoms with E-state index in [0.29, 0.717) is 19.3 Å². The van der Waals surface area contributed by atoms with E-state index >= 15 is 0 Å². The highest BCUT2D eigenvalue weighted by molar-refractivity contribution is 5.77. The first-order chi connectivity index (χ1) is 10.7. The molecule has 0 N–H and O–H groups in total. The summed E-state index contributed by atoms with van der Waals surface area (Å²) in [6, 6.07) is 0. The van der Waals surface area contributed by atoms with E-state index in [0.717, 1.165) is 32.1 Å². The maximum Gasteiger partial charge on any atom is 0.377 e. The Morgan fingerprint density at radius 3 is 2.30 bits per heavy atom. The van der Waals surface area contributed by atoms with Crippen LogP contribution in [0.3, 0.4) is 0 Å². The Hall–Kier alpha value is -0.750. The molecular formula is C17H26F2O4. The lowest BCUT2D eigenvalue weighted by Gasteiger charge is -2.63. The summed E-state index contributed by atoms with van der Waals surface area (Å²) in [4.78, 5) is 11.8. The van der Waals surface area contributed by atoms with Crippen LogP contribution >= 0.6 is 0 Å². The highest BCUT2D eigenvalue weighted by Crippen LogP contribution is 2.63. The Kier molecular flexibility index (Phi) is 4.20. The maximum absolute atomic E-state index is 13.4. The zero-order valence-electron chi connectivity index (χ0n) is 14.1. The standard InChI is InChI=1S/C17H26F2O4/c1-4-17(23-14(20)15(2,18)19)12-5-11-6-13(17)9-16(7-11,8-12)22-10-21-3/h11-13H,4-10H2,1-3H3. The monoisotopic (exact) mass is 332 g/mol. The predicted molar refractivity (Wildman–Crippen MR) is 79.0 cm³/mol. The van der Waals surface area contributed by atoms with Gasteiger partial charge >= 0.3 is 11.9 Å². The molecule has 4 bridgehead atoms. The lowest BCUT2D eigenvalue weighted by Crippen LogP contribution is -2.66. The third-order valence-corrected chi connectivity index (χ3v) is 6.19. The molecule has 4 saturated carbocycles. The van der Waals surface area contributed by atoms with Crippen LogP contribution in [-0.2, 0) is 19.0 Å². The van der Waals surface area contributed by atoms with Crippen molar-refractivity contribution in [1.82, 2.24) is 0 Å². The van der Waals surface area contributed by atoms with Crippen LogP contribution < -0.4 is 0 Å². The summed E-state index contributed by atoms with van der Waals surface area (Å²) in [5, 5.41) is 0. The minimum atomic E-state index is -3.44. The van der Waals surface area contributed by atoms with Crippen LogP contribution in [-0.4, -0.2) is 37.0 Å². The van der Waals surface area contributed by atoms with Gasteiger partial charge in [0.2, 0.25) is 0 Å². The van der Waals surface area contributed by atoms with Crippen molar-refractivity contribution in [1.29, 1.82) is 0 Å². The Labute approximate surface area is 135 Å². The number of rotatable bonds is 6. The van der Waals surface area contributed by atoms with Gasteiger partial charge < -0.3 is 14.2 Å². The van der Waals surface area contributed by atoms with E-state index in [9.17, 15) is 13.6 Å². The predicted octanol–water partition coefficient (Wildman–Crippen LogP) is 3.53. The van der Waals surface area contributed by atoms with E-state index in [1.165, 1.54) is 0 Å². The van der Waals surface area contributed by atoms with Crippen molar-refractivity contribution in [3.63, 3.8) is 0 Å². The molecular weight excluding hydrogens is 306 g/mol. The van der Waals surface area contributed by atoms with Gasteiger partial charge in [0.1, 0.15) is 12.4 Å². The molecule has 4 aliphatic rings. The largest absolute Gasteiger partial charge is 0.454 e. The summed E-state index contributed by atoms with van der Waals surface area (Å²) < 4.78 is 43.3. The van der Waals surface area contributed by atoms with Gasteiger partial charge in [-0.15, -0.1) is 0 Å². The van der Waals surface area contributed by atoms with Crippen molar-refractivity contribution in [2.75, 3.05) is 13.9 Å². The summed E-state index contributed by atoms with van der Waals surface area (Å²) in [5.74, 6) is -4.10. The third kappa shape index (κ3) is 2.78.